The van der Waals surface area contributed by atoms with E-state index in [4.69, 9.17) is 0 Å². The van der Waals surface area contributed by atoms with Gasteiger partial charge in [0.25, 0.3) is 0 Å². The van der Waals surface area contributed by atoms with Crippen molar-refractivity contribution in [3.05, 3.63) is 35.4 Å². The molecule has 2 N–H and O–H groups in total. The van der Waals surface area contributed by atoms with Gasteiger partial charge in [-0.1, -0.05) is 42.7 Å². The van der Waals surface area contributed by atoms with E-state index in [1.54, 1.807) is 0 Å². The standard InChI is InChI=1S/C17H23NO3/c1-13-5-4-6-14(11-13)7-8-15(19)18-12-17(16(20)21)9-2-3-10-17/h4-6,11H,2-3,7-10,12H2,1H3,(H,18,19)(H,20,21). The molecule has 0 heterocycles. The third kappa shape index (κ3) is 4.06. The molecule has 21 heavy (non-hydrogen) atoms. The number of aryl methyl sites for hydroxylation is 2. The SMILES string of the molecule is Cc1cccc(CCC(=O)NCC2(C(=O)O)CCCC2)c1. The van der Waals surface area contributed by atoms with Crippen LogP contribution >= 0.6 is 0 Å². The van der Waals surface area contributed by atoms with Crippen LogP contribution in [-0.2, 0) is 16.0 Å². The number of rotatable bonds is 6. The molecule has 0 radical (unpaired) electrons. The minimum absolute atomic E-state index is 0.0657. The maximum atomic E-state index is 11.9. The fraction of sp³-hybridized carbons (Fsp3) is 0.529. The van der Waals surface area contributed by atoms with Gasteiger partial charge in [-0.25, -0.2) is 0 Å². The molecule has 1 amide bonds. The summed E-state index contributed by atoms with van der Waals surface area (Å²) >= 11 is 0. The van der Waals surface area contributed by atoms with Gasteiger partial charge in [0.15, 0.2) is 0 Å². The van der Waals surface area contributed by atoms with Gasteiger partial charge in [0, 0.05) is 13.0 Å². The number of carboxylic acids is 1. The molecule has 1 aromatic rings. The van der Waals surface area contributed by atoms with Crippen LogP contribution in [0.1, 0.15) is 43.2 Å². The topological polar surface area (TPSA) is 66.4 Å². The van der Waals surface area contributed by atoms with Crippen LogP contribution in [0.3, 0.4) is 0 Å². The van der Waals surface area contributed by atoms with Gasteiger partial charge in [-0.05, 0) is 31.7 Å². The van der Waals surface area contributed by atoms with Crippen molar-refractivity contribution in [3.63, 3.8) is 0 Å². The van der Waals surface area contributed by atoms with Crippen LogP contribution < -0.4 is 5.32 Å². The van der Waals surface area contributed by atoms with Crippen molar-refractivity contribution in [3.8, 4) is 0 Å². The molecule has 114 valence electrons. The highest BCUT2D eigenvalue weighted by molar-refractivity contribution is 5.79. The molecule has 0 aromatic heterocycles. The number of carbonyl (C=O) groups excluding carboxylic acids is 1. The van der Waals surface area contributed by atoms with Crippen molar-refractivity contribution in [2.45, 2.75) is 45.4 Å². The Balaban J connectivity index is 1.81. The number of aliphatic carboxylic acids is 1. The third-order valence-corrected chi connectivity index (χ3v) is 4.36. The molecule has 0 unspecified atom stereocenters. The van der Waals surface area contributed by atoms with E-state index in [9.17, 15) is 14.7 Å². The first-order valence-electron chi connectivity index (χ1n) is 7.57. The van der Waals surface area contributed by atoms with Crippen molar-refractivity contribution in [2.75, 3.05) is 6.54 Å². The number of hydrogen-bond acceptors (Lipinski definition) is 2. The summed E-state index contributed by atoms with van der Waals surface area (Å²) in [6, 6.07) is 8.10. The summed E-state index contributed by atoms with van der Waals surface area (Å²) in [5.74, 6) is -0.844. The molecule has 0 bridgehead atoms. The van der Waals surface area contributed by atoms with Crippen molar-refractivity contribution >= 4 is 11.9 Å². The maximum absolute atomic E-state index is 11.9. The Morgan fingerprint density at radius 3 is 2.62 bits per heavy atom. The van der Waals surface area contributed by atoms with Crippen molar-refractivity contribution < 1.29 is 14.7 Å². The molecule has 1 aliphatic carbocycles. The number of carboxylic acid groups (broad SMARTS) is 1. The second-order valence-electron chi connectivity index (χ2n) is 6.06. The molecule has 1 saturated carbocycles. The number of benzene rings is 1. The predicted molar refractivity (Wildman–Crippen MR) is 81.0 cm³/mol. The van der Waals surface area contributed by atoms with Gasteiger partial charge in [-0.2, -0.15) is 0 Å². The van der Waals surface area contributed by atoms with E-state index in [1.165, 1.54) is 5.56 Å². The summed E-state index contributed by atoms with van der Waals surface area (Å²) in [6.45, 7) is 2.29. The maximum Gasteiger partial charge on any atom is 0.311 e. The first kappa shape index (κ1) is 15.5. The molecular weight excluding hydrogens is 266 g/mol. The van der Waals surface area contributed by atoms with Crippen molar-refractivity contribution in [1.82, 2.24) is 5.32 Å². The highest BCUT2D eigenvalue weighted by Crippen LogP contribution is 2.37. The van der Waals surface area contributed by atoms with Gasteiger partial charge in [-0.3, -0.25) is 9.59 Å². The van der Waals surface area contributed by atoms with Crippen LogP contribution in [0.5, 0.6) is 0 Å². The van der Waals surface area contributed by atoms with Gasteiger partial charge >= 0.3 is 5.97 Å². The second-order valence-corrected chi connectivity index (χ2v) is 6.06. The molecular formula is C17H23NO3. The molecule has 0 saturated heterocycles. The Labute approximate surface area is 125 Å². The van der Waals surface area contributed by atoms with Crippen LogP contribution in [0.15, 0.2) is 24.3 Å². The molecule has 2 rings (SSSR count). The van der Waals surface area contributed by atoms with E-state index in [0.29, 0.717) is 25.7 Å². The quantitative estimate of drug-likeness (QED) is 0.846. The summed E-state index contributed by atoms with van der Waals surface area (Å²) in [7, 11) is 0. The van der Waals surface area contributed by atoms with Crippen LogP contribution in [0.2, 0.25) is 0 Å². The second kappa shape index (κ2) is 6.74. The van der Waals surface area contributed by atoms with E-state index in [1.807, 2.05) is 25.1 Å². The monoisotopic (exact) mass is 289 g/mol. The van der Waals surface area contributed by atoms with E-state index in [0.717, 1.165) is 18.4 Å². The van der Waals surface area contributed by atoms with E-state index < -0.39 is 11.4 Å². The molecule has 1 aliphatic rings. The Bertz CT molecular complexity index is 519. The van der Waals surface area contributed by atoms with Gasteiger partial charge < -0.3 is 10.4 Å². The lowest BCUT2D eigenvalue weighted by molar-refractivity contribution is -0.148. The molecule has 1 aromatic carbocycles. The lowest BCUT2D eigenvalue weighted by Crippen LogP contribution is -2.41. The zero-order valence-corrected chi connectivity index (χ0v) is 12.5. The van der Waals surface area contributed by atoms with E-state index in [2.05, 4.69) is 11.4 Å². The molecule has 4 nitrogen and oxygen atoms in total. The van der Waals surface area contributed by atoms with Gasteiger partial charge in [0.1, 0.15) is 0 Å². The molecule has 0 spiro atoms. The fourth-order valence-electron chi connectivity index (χ4n) is 3.00. The van der Waals surface area contributed by atoms with E-state index in [-0.39, 0.29) is 12.5 Å². The van der Waals surface area contributed by atoms with Crippen LogP contribution in [0.4, 0.5) is 0 Å². The largest absolute Gasteiger partial charge is 0.481 e. The molecule has 1 fully saturated rings. The van der Waals surface area contributed by atoms with Crippen LogP contribution in [-0.4, -0.2) is 23.5 Å². The summed E-state index contributed by atoms with van der Waals surface area (Å²) in [5.41, 5.74) is 1.58. The molecule has 0 atom stereocenters. The summed E-state index contributed by atoms with van der Waals surface area (Å²) < 4.78 is 0. The number of hydrogen-bond donors (Lipinski definition) is 2. The van der Waals surface area contributed by atoms with Crippen molar-refractivity contribution in [2.24, 2.45) is 5.41 Å². The Kier molecular flexibility index (Phi) is 4.99. The highest BCUT2D eigenvalue weighted by Gasteiger charge is 2.41. The summed E-state index contributed by atoms with van der Waals surface area (Å²) in [6.07, 6.45) is 4.30. The van der Waals surface area contributed by atoms with Crippen molar-refractivity contribution in [1.29, 1.82) is 0 Å². The number of nitrogens with one attached hydrogen (secondary N) is 1. The molecule has 0 aliphatic heterocycles. The fourth-order valence-corrected chi connectivity index (χ4v) is 3.00. The lowest BCUT2D eigenvalue weighted by Gasteiger charge is -2.23. The highest BCUT2D eigenvalue weighted by atomic mass is 16.4. The summed E-state index contributed by atoms with van der Waals surface area (Å²) in [4.78, 5) is 23.3. The summed E-state index contributed by atoms with van der Waals surface area (Å²) in [5, 5.41) is 12.2. The first-order valence-corrected chi connectivity index (χ1v) is 7.57. The zero-order valence-electron chi connectivity index (χ0n) is 12.5. The Hall–Kier alpha value is -1.84. The van der Waals surface area contributed by atoms with Gasteiger partial charge in [0.2, 0.25) is 5.91 Å². The minimum Gasteiger partial charge on any atom is -0.481 e. The number of carbonyl (C=O) groups is 2. The van der Waals surface area contributed by atoms with Crippen LogP contribution in [0.25, 0.3) is 0 Å². The Morgan fingerprint density at radius 2 is 2.00 bits per heavy atom. The van der Waals surface area contributed by atoms with E-state index >= 15 is 0 Å². The third-order valence-electron chi connectivity index (χ3n) is 4.36. The average molecular weight is 289 g/mol. The van der Waals surface area contributed by atoms with Gasteiger partial charge in [-0.15, -0.1) is 0 Å². The average Bonchev–Trinajstić information content (AvgIpc) is 2.93. The Morgan fingerprint density at radius 1 is 1.29 bits per heavy atom. The minimum atomic E-state index is -0.779. The first-order chi connectivity index (χ1) is 10.0. The lowest BCUT2D eigenvalue weighted by atomic mass is 9.86. The number of amides is 1. The smallest absolute Gasteiger partial charge is 0.311 e. The zero-order chi connectivity index (χ0) is 15.3. The normalized spacial score (nSPS) is 16.6. The van der Waals surface area contributed by atoms with Gasteiger partial charge in [0.05, 0.1) is 5.41 Å². The van der Waals surface area contributed by atoms with Crippen LogP contribution in [0, 0.1) is 12.3 Å². The predicted octanol–water partition coefficient (Wildman–Crippen LogP) is 2.69. The molecule has 4 heteroatoms.